The zero-order chi connectivity index (χ0) is 14.7. The van der Waals surface area contributed by atoms with Crippen molar-refractivity contribution < 1.29 is 24.5 Å². The first-order chi connectivity index (χ1) is 9.01. The van der Waals surface area contributed by atoms with E-state index >= 15 is 0 Å². The topological polar surface area (TPSA) is 95.9 Å². The Labute approximate surface area is 111 Å². The summed E-state index contributed by atoms with van der Waals surface area (Å²) in [7, 11) is 1.67. The molecular weight excluding hydrogens is 250 g/mol. The van der Waals surface area contributed by atoms with E-state index in [0.717, 1.165) is 18.8 Å². The molecule has 0 heterocycles. The molecular formula is C13H17NO5. The number of ether oxygens (including phenoxy) is 1. The van der Waals surface area contributed by atoms with E-state index in [1.54, 1.807) is 7.11 Å². The van der Waals surface area contributed by atoms with Gasteiger partial charge in [-0.1, -0.05) is 18.2 Å². The molecule has 0 bridgehead atoms. The van der Waals surface area contributed by atoms with Gasteiger partial charge >= 0.3 is 11.9 Å². The van der Waals surface area contributed by atoms with Crippen LogP contribution < -0.4 is 10.1 Å². The third-order valence-electron chi connectivity index (χ3n) is 1.96. The van der Waals surface area contributed by atoms with Crippen molar-refractivity contribution in [2.45, 2.75) is 6.54 Å². The Morgan fingerprint density at radius 1 is 1.26 bits per heavy atom. The zero-order valence-electron chi connectivity index (χ0n) is 10.6. The molecule has 0 saturated heterocycles. The summed E-state index contributed by atoms with van der Waals surface area (Å²) in [5.41, 5.74) is 1.25. The molecule has 0 saturated carbocycles. The first-order valence-electron chi connectivity index (χ1n) is 5.42. The van der Waals surface area contributed by atoms with Gasteiger partial charge in [-0.05, 0) is 17.7 Å². The molecule has 0 spiro atoms. The average molecular weight is 267 g/mol. The van der Waals surface area contributed by atoms with Gasteiger partial charge in [-0.15, -0.1) is 6.58 Å². The van der Waals surface area contributed by atoms with E-state index in [1.165, 1.54) is 5.56 Å². The van der Waals surface area contributed by atoms with Crippen molar-refractivity contribution in [3.8, 4) is 5.75 Å². The minimum atomic E-state index is -1.82. The Morgan fingerprint density at radius 3 is 2.16 bits per heavy atom. The lowest BCUT2D eigenvalue weighted by Gasteiger charge is -2.03. The third kappa shape index (κ3) is 8.39. The monoisotopic (exact) mass is 267 g/mol. The molecule has 0 aliphatic rings. The summed E-state index contributed by atoms with van der Waals surface area (Å²) in [5.74, 6) is -2.75. The van der Waals surface area contributed by atoms with Crippen molar-refractivity contribution in [1.82, 2.24) is 5.32 Å². The van der Waals surface area contributed by atoms with Crippen LogP contribution in [0.15, 0.2) is 36.9 Å². The van der Waals surface area contributed by atoms with Gasteiger partial charge in [0.2, 0.25) is 0 Å². The number of carbonyl (C=O) groups is 2. The van der Waals surface area contributed by atoms with E-state index in [1.807, 2.05) is 18.2 Å². The number of carboxylic acids is 2. The molecule has 1 aromatic carbocycles. The quantitative estimate of drug-likeness (QED) is 0.420. The molecule has 19 heavy (non-hydrogen) atoms. The van der Waals surface area contributed by atoms with Crippen LogP contribution in [0.25, 0.3) is 0 Å². The van der Waals surface area contributed by atoms with Crippen LogP contribution in [0.5, 0.6) is 5.75 Å². The van der Waals surface area contributed by atoms with Crippen LogP contribution in [0.1, 0.15) is 5.56 Å². The molecule has 0 aliphatic carbocycles. The van der Waals surface area contributed by atoms with Crippen LogP contribution in [0.4, 0.5) is 0 Å². The van der Waals surface area contributed by atoms with Gasteiger partial charge in [0.25, 0.3) is 0 Å². The van der Waals surface area contributed by atoms with Gasteiger partial charge < -0.3 is 20.3 Å². The second-order valence-electron chi connectivity index (χ2n) is 3.38. The van der Waals surface area contributed by atoms with Gasteiger partial charge in [-0.2, -0.15) is 0 Å². The molecule has 0 atom stereocenters. The second kappa shape index (κ2) is 9.67. The largest absolute Gasteiger partial charge is 0.497 e. The van der Waals surface area contributed by atoms with Crippen LogP contribution in [0.3, 0.4) is 0 Å². The SMILES string of the molecule is C=CCNCc1ccc(OC)cc1.O=C(O)C(=O)O. The van der Waals surface area contributed by atoms with Crippen molar-refractivity contribution >= 4 is 11.9 Å². The highest BCUT2D eigenvalue weighted by Crippen LogP contribution is 2.10. The van der Waals surface area contributed by atoms with E-state index in [2.05, 4.69) is 24.0 Å². The fraction of sp³-hybridized carbons (Fsp3) is 0.231. The minimum Gasteiger partial charge on any atom is -0.497 e. The highest BCUT2D eigenvalue weighted by atomic mass is 16.5. The van der Waals surface area contributed by atoms with E-state index in [9.17, 15) is 0 Å². The first-order valence-corrected chi connectivity index (χ1v) is 5.42. The van der Waals surface area contributed by atoms with Gasteiger partial charge in [0.15, 0.2) is 0 Å². The molecule has 0 aromatic heterocycles. The predicted octanol–water partition coefficient (Wildman–Crippen LogP) is 1.13. The minimum absolute atomic E-state index is 0.839. The standard InChI is InChI=1S/C11H15NO.C2H2O4/c1-3-8-12-9-10-4-6-11(13-2)7-5-10;3-1(4)2(5)6/h3-7,12H,1,8-9H2,2H3;(H,3,4)(H,5,6). The summed E-state index contributed by atoms with van der Waals surface area (Å²) in [4.78, 5) is 18.2. The smallest absolute Gasteiger partial charge is 0.414 e. The molecule has 6 heteroatoms. The lowest BCUT2D eigenvalue weighted by molar-refractivity contribution is -0.159. The number of benzene rings is 1. The molecule has 0 unspecified atom stereocenters. The second-order valence-corrected chi connectivity index (χ2v) is 3.38. The van der Waals surface area contributed by atoms with Crippen LogP contribution in [-0.4, -0.2) is 35.8 Å². The Hall–Kier alpha value is -2.34. The number of rotatable bonds is 5. The predicted molar refractivity (Wildman–Crippen MR) is 70.2 cm³/mol. The number of nitrogens with one attached hydrogen (secondary N) is 1. The highest BCUT2D eigenvalue weighted by molar-refractivity contribution is 6.27. The third-order valence-corrected chi connectivity index (χ3v) is 1.96. The van der Waals surface area contributed by atoms with Crippen molar-refractivity contribution in [3.05, 3.63) is 42.5 Å². The van der Waals surface area contributed by atoms with E-state index < -0.39 is 11.9 Å². The summed E-state index contributed by atoms with van der Waals surface area (Å²) in [6, 6.07) is 8.03. The maximum absolute atomic E-state index is 9.10. The molecule has 1 aromatic rings. The lowest BCUT2D eigenvalue weighted by Crippen LogP contribution is -2.12. The maximum atomic E-state index is 9.10. The summed E-state index contributed by atoms with van der Waals surface area (Å²) >= 11 is 0. The van der Waals surface area contributed by atoms with Crippen molar-refractivity contribution in [3.63, 3.8) is 0 Å². The van der Waals surface area contributed by atoms with E-state index in [4.69, 9.17) is 24.5 Å². The summed E-state index contributed by atoms with van der Waals surface area (Å²) < 4.78 is 5.06. The van der Waals surface area contributed by atoms with Gasteiger partial charge in [0, 0.05) is 13.1 Å². The Morgan fingerprint density at radius 2 is 1.79 bits per heavy atom. The van der Waals surface area contributed by atoms with Gasteiger partial charge in [0.1, 0.15) is 5.75 Å². The normalized spacial score (nSPS) is 8.89. The van der Waals surface area contributed by atoms with E-state index in [-0.39, 0.29) is 0 Å². The molecule has 0 radical (unpaired) electrons. The van der Waals surface area contributed by atoms with Crippen molar-refractivity contribution in [1.29, 1.82) is 0 Å². The lowest BCUT2D eigenvalue weighted by atomic mass is 10.2. The first kappa shape index (κ1) is 16.7. The van der Waals surface area contributed by atoms with Gasteiger partial charge in [-0.25, -0.2) is 9.59 Å². The van der Waals surface area contributed by atoms with Crippen LogP contribution >= 0.6 is 0 Å². The fourth-order valence-electron chi connectivity index (χ4n) is 1.06. The van der Waals surface area contributed by atoms with Crippen LogP contribution in [-0.2, 0) is 16.1 Å². The Balaban J connectivity index is 0.000000459. The van der Waals surface area contributed by atoms with Crippen molar-refractivity contribution in [2.24, 2.45) is 0 Å². The molecule has 0 amide bonds. The number of carboxylic acid groups (broad SMARTS) is 2. The van der Waals surface area contributed by atoms with Gasteiger partial charge in [-0.3, -0.25) is 0 Å². The fourth-order valence-corrected chi connectivity index (χ4v) is 1.06. The number of aliphatic carboxylic acids is 2. The molecule has 3 N–H and O–H groups in total. The highest BCUT2D eigenvalue weighted by Gasteiger charge is 2.04. The van der Waals surface area contributed by atoms with Gasteiger partial charge in [0.05, 0.1) is 7.11 Å². The van der Waals surface area contributed by atoms with Crippen molar-refractivity contribution in [2.75, 3.05) is 13.7 Å². The average Bonchev–Trinajstić information content (AvgIpc) is 2.40. The molecule has 104 valence electrons. The number of methoxy groups -OCH3 is 1. The zero-order valence-corrected chi connectivity index (χ0v) is 10.6. The molecule has 6 nitrogen and oxygen atoms in total. The molecule has 1 rings (SSSR count). The van der Waals surface area contributed by atoms with Crippen LogP contribution in [0, 0.1) is 0 Å². The summed E-state index contributed by atoms with van der Waals surface area (Å²) in [6.07, 6.45) is 1.85. The summed E-state index contributed by atoms with van der Waals surface area (Å²) in [5, 5.41) is 18.0. The van der Waals surface area contributed by atoms with E-state index in [0.29, 0.717) is 0 Å². The molecule has 0 fully saturated rings. The number of hydrogen-bond donors (Lipinski definition) is 3. The maximum Gasteiger partial charge on any atom is 0.414 e. The molecule has 0 aliphatic heterocycles. The Bertz CT molecular complexity index is 402. The summed E-state index contributed by atoms with van der Waals surface area (Å²) in [6.45, 7) is 5.35. The number of hydrogen-bond acceptors (Lipinski definition) is 4. The van der Waals surface area contributed by atoms with Crippen LogP contribution in [0.2, 0.25) is 0 Å². The Kier molecular flexibility index (Phi) is 8.48.